The third-order valence-corrected chi connectivity index (χ3v) is 3.97. The van der Waals surface area contributed by atoms with Gasteiger partial charge in [-0.3, -0.25) is 9.59 Å². The molecule has 4 heteroatoms. The predicted octanol–water partition coefficient (Wildman–Crippen LogP) is 3.03. The number of allylic oxidation sites excluding steroid dienone is 3. The first-order valence-corrected chi connectivity index (χ1v) is 7.07. The molecule has 1 rings (SSSR count). The van der Waals surface area contributed by atoms with E-state index in [1.54, 1.807) is 6.08 Å². The lowest BCUT2D eigenvalue weighted by molar-refractivity contribution is -0.173. The molecule has 0 heterocycles. The minimum absolute atomic E-state index is 0.152. The highest BCUT2D eigenvalue weighted by atomic mass is 16.5. The van der Waals surface area contributed by atoms with E-state index in [-0.39, 0.29) is 5.92 Å². The summed E-state index contributed by atoms with van der Waals surface area (Å²) in [5.74, 6) is -1.14. The smallest absolute Gasteiger partial charge is 0.323 e. The van der Waals surface area contributed by atoms with Crippen LogP contribution in [0.1, 0.15) is 38.5 Å². The molecule has 0 aliphatic heterocycles. The van der Waals surface area contributed by atoms with Gasteiger partial charge in [0, 0.05) is 5.92 Å². The number of carbonyl (C=O) groups is 2. The van der Waals surface area contributed by atoms with Gasteiger partial charge in [0.1, 0.15) is 0 Å². The van der Waals surface area contributed by atoms with Crippen molar-refractivity contribution in [2.45, 2.75) is 38.5 Å². The van der Waals surface area contributed by atoms with Crippen LogP contribution >= 0.6 is 0 Å². The van der Waals surface area contributed by atoms with Crippen LogP contribution in [0.4, 0.5) is 0 Å². The summed E-state index contributed by atoms with van der Waals surface area (Å²) in [7, 11) is 2.64. The largest absolute Gasteiger partial charge is 0.468 e. The highest BCUT2D eigenvalue weighted by Gasteiger charge is 2.52. The summed E-state index contributed by atoms with van der Waals surface area (Å²) < 4.78 is 9.85. The lowest BCUT2D eigenvalue weighted by atomic mass is 9.68. The number of esters is 2. The van der Waals surface area contributed by atoms with Gasteiger partial charge in [0.05, 0.1) is 14.2 Å². The Kier molecular flexibility index (Phi) is 6.49. The summed E-state index contributed by atoms with van der Waals surface area (Å²) in [5.41, 5.74) is -1.22. The van der Waals surface area contributed by atoms with E-state index in [9.17, 15) is 9.59 Å². The second kappa shape index (κ2) is 7.88. The maximum absolute atomic E-state index is 12.3. The summed E-state index contributed by atoms with van der Waals surface area (Å²) >= 11 is 0. The Morgan fingerprint density at radius 3 is 2.45 bits per heavy atom. The number of unbranched alkanes of at least 4 members (excludes halogenated alkanes) is 1. The number of hydrogen-bond donors (Lipinski definition) is 0. The fourth-order valence-electron chi connectivity index (χ4n) is 2.89. The van der Waals surface area contributed by atoms with Crippen molar-refractivity contribution in [2.24, 2.45) is 11.3 Å². The molecule has 0 radical (unpaired) electrons. The predicted molar refractivity (Wildman–Crippen MR) is 77.0 cm³/mol. The monoisotopic (exact) mass is 280 g/mol. The number of hydrogen-bond acceptors (Lipinski definition) is 4. The summed E-state index contributed by atoms with van der Waals surface area (Å²) in [6, 6.07) is 0. The van der Waals surface area contributed by atoms with Crippen LogP contribution in [0.25, 0.3) is 0 Å². The van der Waals surface area contributed by atoms with Crippen LogP contribution in [0.2, 0.25) is 0 Å². The molecule has 20 heavy (non-hydrogen) atoms. The molecule has 0 aromatic heterocycles. The summed E-state index contributed by atoms with van der Waals surface area (Å²) in [5, 5.41) is 0. The van der Waals surface area contributed by atoms with Gasteiger partial charge < -0.3 is 9.47 Å². The molecular formula is C16H24O4. The molecule has 0 saturated heterocycles. The third-order valence-electron chi connectivity index (χ3n) is 3.97. The normalized spacial score (nSPS) is 18.4. The average molecular weight is 280 g/mol. The maximum Gasteiger partial charge on any atom is 0.323 e. The second-order valence-electron chi connectivity index (χ2n) is 5.10. The number of ether oxygens (including phenoxy) is 2. The Labute approximate surface area is 120 Å². The minimum Gasteiger partial charge on any atom is -0.468 e. The Hall–Kier alpha value is -1.58. The summed E-state index contributed by atoms with van der Waals surface area (Å²) in [6.07, 6.45) is 10.4. The van der Waals surface area contributed by atoms with E-state index in [0.717, 1.165) is 25.7 Å². The zero-order chi connectivity index (χ0) is 15.0. The molecule has 0 aromatic rings. The van der Waals surface area contributed by atoms with Gasteiger partial charge in [0.15, 0.2) is 5.41 Å². The van der Waals surface area contributed by atoms with Gasteiger partial charge in [0.2, 0.25) is 0 Å². The second-order valence-corrected chi connectivity index (χ2v) is 5.10. The first-order valence-electron chi connectivity index (χ1n) is 7.07. The molecule has 0 amide bonds. The van der Waals surface area contributed by atoms with Gasteiger partial charge in [0.25, 0.3) is 0 Å². The number of methoxy groups -OCH3 is 2. The molecule has 1 aliphatic rings. The molecule has 0 N–H and O–H groups in total. The van der Waals surface area contributed by atoms with E-state index in [1.807, 2.05) is 12.2 Å². The number of carbonyl (C=O) groups excluding carboxylic acids is 2. The van der Waals surface area contributed by atoms with Crippen molar-refractivity contribution >= 4 is 11.9 Å². The van der Waals surface area contributed by atoms with Gasteiger partial charge in [-0.15, -0.1) is 6.58 Å². The van der Waals surface area contributed by atoms with Crippen LogP contribution in [-0.4, -0.2) is 26.2 Å². The Bertz CT molecular complexity index is 368. The molecule has 1 atom stereocenters. The van der Waals surface area contributed by atoms with E-state index in [1.165, 1.54) is 14.2 Å². The molecule has 1 unspecified atom stereocenters. The van der Waals surface area contributed by atoms with Gasteiger partial charge >= 0.3 is 11.9 Å². The first-order chi connectivity index (χ1) is 9.63. The van der Waals surface area contributed by atoms with E-state index >= 15 is 0 Å². The van der Waals surface area contributed by atoms with E-state index < -0.39 is 17.4 Å². The van der Waals surface area contributed by atoms with Gasteiger partial charge in [-0.05, 0) is 38.5 Å². The Balaban J connectivity index is 3.12. The van der Waals surface area contributed by atoms with Crippen LogP contribution in [0.15, 0.2) is 24.8 Å². The van der Waals surface area contributed by atoms with Crippen LogP contribution in [-0.2, 0) is 19.1 Å². The van der Waals surface area contributed by atoms with Gasteiger partial charge in [-0.1, -0.05) is 18.2 Å². The highest BCUT2D eigenvalue weighted by molar-refractivity contribution is 6.00. The topological polar surface area (TPSA) is 52.6 Å². The molecular weight excluding hydrogens is 256 g/mol. The van der Waals surface area contributed by atoms with E-state index in [4.69, 9.17) is 9.47 Å². The van der Waals surface area contributed by atoms with Crippen LogP contribution < -0.4 is 0 Å². The molecule has 112 valence electrons. The molecule has 0 aromatic carbocycles. The van der Waals surface area contributed by atoms with Crippen molar-refractivity contribution in [1.82, 2.24) is 0 Å². The van der Waals surface area contributed by atoms with E-state index in [0.29, 0.717) is 12.8 Å². The maximum atomic E-state index is 12.3. The van der Waals surface area contributed by atoms with Crippen molar-refractivity contribution in [3.05, 3.63) is 24.8 Å². The van der Waals surface area contributed by atoms with E-state index in [2.05, 4.69) is 6.58 Å². The first kappa shape index (κ1) is 16.5. The van der Waals surface area contributed by atoms with Crippen LogP contribution in [0, 0.1) is 11.3 Å². The van der Waals surface area contributed by atoms with Gasteiger partial charge in [-0.2, -0.15) is 0 Å². The molecule has 4 nitrogen and oxygen atoms in total. The van der Waals surface area contributed by atoms with Crippen molar-refractivity contribution in [3.8, 4) is 0 Å². The molecule has 0 spiro atoms. The van der Waals surface area contributed by atoms with Crippen molar-refractivity contribution in [1.29, 1.82) is 0 Å². The lowest BCUT2D eigenvalue weighted by Gasteiger charge is -2.35. The SMILES string of the molecule is C=CCCCC(C(=O)OC)(C(=O)OC)C1C=CCCC1. The third kappa shape index (κ3) is 3.30. The number of rotatable bonds is 7. The zero-order valence-corrected chi connectivity index (χ0v) is 12.4. The Morgan fingerprint density at radius 2 is 2.00 bits per heavy atom. The summed E-state index contributed by atoms with van der Waals surface area (Å²) in [6.45, 7) is 3.68. The van der Waals surface area contributed by atoms with Crippen molar-refractivity contribution in [3.63, 3.8) is 0 Å². The van der Waals surface area contributed by atoms with Gasteiger partial charge in [-0.25, -0.2) is 0 Å². The standard InChI is InChI=1S/C16H24O4/c1-4-5-9-12-16(14(17)19-2,15(18)20-3)13-10-7-6-8-11-13/h4,7,10,13H,1,5-6,8-9,11-12H2,2-3H3. The fraction of sp³-hybridized carbons (Fsp3) is 0.625. The van der Waals surface area contributed by atoms with Crippen LogP contribution in [0.3, 0.4) is 0 Å². The molecule has 1 aliphatic carbocycles. The minimum atomic E-state index is -1.22. The van der Waals surface area contributed by atoms with Crippen molar-refractivity contribution in [2.75, 3.05) is 14.2 Å². The summed E-state index contributed by atoms with van der Waals surface area (Å²) in [4.78, 5) is 24.7. The van der Waals surface area contributed by atoms with Crippen molar-refractivity contribution < 1.29 is 19.1 Å². The quantitative estimate of drug-likeness (QED) is 0.311. The molecule has 0 bridgehead atoms. The zero-order valence-electron chi connectivity index (χ0n) is 12.4. The molecule has 0 saturated carbocycles. The Morgan fingerprint density at radius 1 is 1.35 bits per heavy atom. The highest BCUT2D eigenvalue weighted by Crippen LogP contribution is 2.41. The lowest BCUT2D eigenvalue weighted by Crippen LogP contribution is -2.47. The average Bonchev–Trinajstić information content (AvgIpc) is 2.51. The van der Waals surface area contributed by atoms with Crippen LogP contribution in [0.5, 0.6) is 0 Å². The molecule has 0 fully saturated rings. The fourth-order valence-corrected chi connectivity index (χ4v) is 2.89.